The van der Waals surface area contributed by atoms with Gasteiger partial charge in [-0.3, -0.25) is 4.79 Å². The molecule has 0 aliphatic heterocycles. The van der Waals surface area contributed by atoms with Gasteiger partial charge in [0.25, 0.3) is 0 Å². The highest BCUT2D eigenvalue weighted by Crippen LogP contribution is 2.44. The summed E-state index contributed by atoms with van der Waals surface area (Å²) < 4.78 is 0. The minimum atomic E-state index is 0.235. The molecule has 3 unspecified atom stereocenters. The molecule has 0 spiro atoms. The van der Waals surface area contributed by atoms with Crippen LogP contribution in [0, 0.1) is 17.8 Å². The number of benzene rings is 1. The molecular weight excluding hydrogens is 234 g/mol. The first-order valence-electron chi connectivity index (χ1n) is 7.29. The van der Waals surface area contributed by atoms with Gasteiger partial charge >= 0.3 is 0 Å². The summed E-state index contributed by atoms with van der Waals surface area (Å²) >= 11 is 0. The first-order chi connectivity index (χ1) is 9.28. The molecule has 1 aromatic carbocycles. The Bertz CT molecular complexity index is 479. The average molecular weight is 255 g/mol. The summed E-state index contributed by atoms with van der Waals surface area (Å²) in [5.74, 6) is 1.75. The van der Waals surface area contributed by atoms with Crippen LogP contribution in [0.5, 0.6) is 0 Å². The van der Waals surface area contributed by atoms with Crippen molar-refractivity contribution >= 4 is 5.91 Å². The molecule has 0 saturated heterocycles. The number of allylic oxidation sites excluding steroid dienone is 2. The third-order valence-corrected chi connectivity index (χ3v) is 4.51. The van der Waals surface area contributed by atoms with Crippen molar-refractivity contribution in [2.24, 2.45) is 17.8 Å². The van der Waals surface area contributed by atoms with Gasteiger partial charge < -0.3 is 4.90 Å². The van der Waals surface area contributed by atoms with E-state index in [0.29, 0.717) is 17.7 Å². The lowest BCUT2D eigenvalue weighted by Crippen LogP contribution is -2.37. The largest absolute Gasteiger partial charge is 0.338 e. The summed E-state index contributed by atoms with van der Waals surface area (Å²) in [5, 5.41) is 0. The number of hydrogen-bond acceptors (Lipinski definition) is 1. The zero-order chi connectivity index (χ0) is 13.2. The van der Waals surface area contributed by atoms with Gasteiger partial charge in [0.15, 0.2) is 0 Å². The van der Waals surface area contributed by atoms with Crippen LogP contribution in [0.4, 0.5) is 0 Å². The lowest BCUT2D eigenvalue weighted by atomic mass is 9.92. The fourth-order valence-electron chi connectivity index (χ4n) is 3.45. The molecule has 0 radical (unpaired) electrons. The molecule has 0 heterocycles. The number of carbonyl (C=O) groups excluding carboxylic acids is 1. The van der Waals surface area contributed by atoms with Gasteiger partial charge in [-0.15, -0.1) is 0 Å². The van der Waals surface area contributed by atoms with E-state index in [2.05, 4.69) is 31.2 Å². The van der Waals surface area contributed by atoms with Crippen LogP contribution in [0.3, 0.4) is 0 Å². The molecule has 2 nitrogen and oxygen atoms in total. The second-order valence-corrected chi connectivity index (χ2v) is 5.72. The third-order valence-electron chi connectivity index (χ3n) is 4.51. The van der Waals surface area contributed by atoms with Crippen molar-refractivity contribution in [1.82, 2.24) is 4.90 Å². The SMILES string of the molecule is CCN(Cc1ccccc1)C(=O)C1CC2C=CC1C2. The molecule has 0 aromatic heterocycles. The zero-order valence-electron chi connectivity index (χ0n) is 11.5. The molecule has 19 heavy (non-hydrogen) atoms. The van der Waals surface area contributed by atoms with E-state index in [1.807, 2.05) is 23.1 Å². The van der Waals surface area contributed by atoms with Gasteiger partial charge in [-0.1, -0.05) is 42.5 Å². The lowest BCUT2D eigenvalue weighted by Gasteiger charge is -2.27. The molecule has 1 aromatic rings. The quantitative estimate of drug-likeness (QED) is 0.756. The second kappa shape index (κ2) is 5.20. The monoisotopic (exact) mass is 255 g/mol. The second-order valence-electron chi connectivity index (χ2n) is 5.72. The van der Waals surface area contributed by atoms with Gasteiger partial charge in [0, 0.05) is 19.0 Å². The van der Waals surface area contributed by atoms with E-state index in [1.54, 1.807) is 0 Å². The Balaban J connectivity index is 1.69. The summed E-state index contributed by atoms with van der Waals surface area (Å²) in [7, 11) is 0. The molecule has 2 aliphatic rings. The van der Waals surface area contributed by atoms with Crippen molar-refractivity contribution in [3.05, 3.63) is 48.0 Å². The van der Waals surface area contributed by atoms with Gasteiger partial charge in [-0.25, -0.2) is 0 Å². The number of hydrogen-bond donors (Lipinski definition) is 0. The molecule has 3 rings (SSSR count). The summed E-state index contributed by atoms with van der Waals surface area (Å²) in [6.07, 6.45) is 6.81. The molecule has 0 N–H and O–H groups in total. The molecule has 2 aliphatic carbocycles. The van der Waals surface area contributed by atoms with E-state index < -0.39 is 0 Å². The molecule has 1 fully saturated rings. The number of carbonyl (C=O) groups is 1. The van der Waals surface area contributed by atoms with Crippen molar-refractivity contribution in [3.8, 4) is 0 Å². The molecular formula is C17H21NO. The van der Waals surface area contributed by atoms with E-state index in [1.165, 1.54) is 12.0 Å². The Labute approximate surface area is 115 Å². The zero-order valence-corrected chi connectivity index (χ0v) is 11.5. The maximum absolute atomic E-state index is 12.7. The summed E-state index contributed by atoms with van der Waals surface area (Å²) in [5.41, 5.74) is 1.22. The maximum Gasteiger partial charge on any atom is 0.226 e. The number of amides is 1. The molecule has 2 heteroatoms. The smallest absolute Gasteiger partial charge is 0.226 e. The van der Waals surface area contributed by atoms with Crippen molar-refractivity contribution in [2.45, 2.75) is 26.3 Å². The van der Waals surface area contributed by atoms with E-state index in [4.69, 9.17) is 0 Å². The van der Waals surface area contributed by atoms with Gasteiger partial charge in [-0.05, 0) is 37.2 Å². The van der Waals surface area contributed by atoms with E-state index in [9.17, 15) is 4.79 Å². The topological polar surface area (TPSA) is 20.3 Å². The highest BCUT2D eigenvalue weighted by molar-refractivity contribution is 5.80. The van der Waals surface area contributed by atoms with Crippen molar-refractivity contribution in [1.29, 1.82) is 0 Å². The van der Waals surface area contributed by atoms with Gasteiger partial charge in [0.1, 0.15) is 0 Å². The van der Waals surface area contributed by atoms with Crippen LogP contribution >= 0.6 is 0 Å². The van der Waals surface area contributed by atoms with Crippen LogP contribution in [0.2, 0.25) is 0 Å². The lowest BCUT2D eigenvalue weighted by molar-refractivity contribution is -0.136. The van der Waals surface area contributed by atoms with Gasteiger partial charge in [0.2, 0.25) is 5.91 Å². The van der Waals surface area contributed by atoms with Crippen LogP contribution in [-0.2, 0) is 11.3 Å². The predicted molar refractivity (Wildman–Crippen MR) is 76.4 cm³/mol. The average Bonchev–Trinajstić information content (AvgIpc) is 3.08. The first-order valence-corrected chi connectivity index (χ1v) is 7.29. The van der Waals surface area contributed by atoms with E-state index in [0.717, 1.165) is 19.5 Å². The predicted octanol–water partition coefficient (Wildman–Crippen LogP) is 3.25. The fourth-order valence-corrected chi connectivity index (χ4v) is 3.45. The van der Waals surface area contributed by atoms with Crippen LogP contribution < -0.4 is 0 Å². The first kappa shape index (κ1) is 12.5. The van der Waals surface area contributed by atoms with E-state index >= 15 is 0 Å². The van der Waals surface area contributed by atoms with Crippen molar-refractivity contribution in [3.63, 3.8) is 0 Å². The van der Waals surface area contributed by atoms with Crippen LogP contribution in [0.1, 0.15) is 25.3 Å². The minimum Gasteiger partial charge on any atom is -0.338 e. The highest BCUT2D eigenvalue weighted by Gasteiger charge is 2.41. The molecule has 1 amide bonds. The molecule has 2 bridgehead atoms. The van der Waals surface area contributed by atoms with Gasteiger partial charge in [-0.2, -0.15) is 0 Å². The summed E-state index contributed by atoms with van der Waals surface area (Å²) in [6, 6.07) is 10.3. The molecule has 1 saturated carbocycles. The fraction of sp³-hybridized carbons (Fsp3) is 0.471. The normalized spacial score (nSPS) is 27.7. The highest BCUT2D eigenvalue weighted by atomic mass is 16.2. The minimum absolute atomic E-state index is 0.235. The van der Waals surface area contributed by atoms with Crippen molar-refractivity contribution < 1.29 is 4.79 Å². The maximum atomic E-state index is 12.7. The Hall–Kier alpha value is -1.57. The van der Waals surface area contributed by atoms with Crippen LogP contribution in [0.15, 0.2) is 42.5 Å². The van der Waals surface area contributed by atoms with Crippen LogP contribution in [0.25, 0.3) is 0 Å². The Morgan fingerprint density at radius 1 is 1.21 bits per heavy atom. The van der Waals surface area contributed by atoms with Crippen LogP contribution in [-0.4, -0.2) is 17.4 Å². The number of nitrogens with zero attached hydrogens (tertiary/aromatic N) is 1. The molecule has 3 atom stereocenters. The Morgan fingerprint density at radius 3 is 2.58 bits per heavy atom. The standard InChI is InChI=1S/C17H21NO/c1-2-18(12-13-6-4-3-5-7-13)17(19)16-11-14-8-9-15(16)10-14/h3-9,14-16H,2,10-12H2,1H3. The molecule has 100 valence electrons. The van der Waals surface area contributed by atoms with Gasteiger partial charge in [0.05, 0.1) is 0 Å². The number of fused-ring (bicyclic) bond motifs is 2. The summed E-state index contributed by atoms with van der Waals surface area (Å²) in [6.45, 7) is 3.61. The Kier molecular flexibility index (Phi) is 3.41. The third kappa shape index (κ3) is 2.44. The number of rotatable bonds is 4. The Morgan fingerprint density at radius 2 is 2.00 bits per heavy atom. The van der Waals surface area contributed by atoms with Crippen molar-refractivity contribution in [2.75, 3.05) is 6.54 Å². The summed E-state index contributed by atoms with van der Waals surface area (Å²) in [4.78, 5) is 14.7. The van der Waals surface area contributed by atoms with E-state index in [-0.39, 0.29) is 5.92 Å².